The molecule has 0 spiro atoms. The van der Waals surface area contributed by atoms with Crippen LogP contribution in [0.2, 0.25) is 0 Å². The van der Waals surface area contributed by atoms with E-state index in [0.29, 0.717) is 51.2 Å². The predicted octanol–water partition coefficient (Wildman–Crippen LogP) is 2.17. The molecule has 2 fully saturated rings. The molecule has 0 bridgehead atoms. The highest BCUT2D eigenvalue weighted by atomic mass is 35.5. The molecule has 24 heavy (non-hydrogen) atoms. The summed E-state index contributed by atoms with van der Waals surface area (Å²) in [4.78, 5) is 26.1. The van der Waals surface area contributed by atoms with Crippen molar-refractivity contribution in [3.05, 3.63) is 35.1 Å². The number of rotatable bonds is 3. The molecule has 0 unspecified atom stereocenters. The van der Waals surface area contributed by atoms with E-state index in [1.54, 1.807) is 4.90 Å². The third-order valence-electron chi connectivity index (χ3n) is 4.56. The van der Waals surface area contributed by atoms with Crippen LogP contribution in [0.4, 0.5) is 13.2 Å². The van der Waals surface area contributed by atoms with Gasteiger partial charge >= 0.3 is 0 Å². The summed E-state index contributed by atoms with van der Waals surface area (Å²) in [5.41, 5.74) is -0.681. The Balaban J connectivity index is 0.00000208. The fourth-order valence-corrected chi connectivity index (χ4v) is 3.07. The van der Waals surface area contributed by atoms with E-state index in [1.165, 1.54) is 0 Å². The molecule has 1 amide bonds. The number of nitrogens with zero attached hydrogens (tertiary/aromatic N) is 1. The lowest BCUT2D eigenvalue weighted by Gasteiger charge is -2.36. The van der Waals surface area contributed by atoms with E-state index in [1.807, 2.05) is 0 Å². The smallest absolute Gasteiger partial charge is 0.228 e. The van der Waals surface area contributed by atoms with Crippen molar-refractivity contribution in [3.63, 3.8) is 0 Å². The molecule has 1 aromatic rings. The van der Waals surface area contributed by atoms with Crippen molar-refractivity contribution < 1.29 is 22.8 Å². The molecular weight excluding hydrogens is 345 g/mol. The summed E-state index contributed by atoms with van der Waals surface area (Å²) in [6.45, 7) is 2.14. The van der Waals surface area contributed by atoms with Gasteiger partial charge in [0.25, 0.3) is 0 Å². The number of halogens is 4. The van der Waals surface area contributed by atoms with Gasteiger partial charge in [0.1, 0.15) is 17.5 Å². The minimum atomic E-state index is -1.17. The van der Waals surface area contributed by atoms with Crippen LogP contribution in [-0.2, 0) is 4.79 Å². The predicted molar refractivity (Wildman–Crippen MR) is 83.6 cm³/mol. The maximum atomic E-state index is 13.7. The number of hydrogen-bond acceptors (Lipinski definition) is 3. The van der Waals surface area contributed by atoms with Gasteiger partial charge in [0.05, 0.1) is 11.5 Å². The third-order valence-corrected chi connectivity index (χ3v) is 4.56. The maximum Gasteiger partial charge on any atom is 0.228 e. The van der Waals surface area contributed by atoms with Crippen LogP contribution in [0.15, 0.2) is 12.1 Å². The van der Waals surface area contributed by atoms with Crippen LogP contribution in [0.5, 0.6) is 0 Å². The Labute approximate surface area is 143 Å². The number of likely N-dealkylation sites (tertiary alicyclic amines) is 1. The van der Waals surface area contributed by atoms with Crippen LogP contribution < -0.4 is 5.32 Å². The maximum absolute atomic E-state index is 13.7. The second kappa shape index (κ2) is 7.53. The van der Waals surface area contributed by atoms with E-state index >= 15 is 0 Å². The number of amides is 1. The van der Waals surface area contributed by atoms with Crippen molar-refractivity contribution in [1.29, 1.82) is 0 Å². The normalized spacial score (nSPS) is 18.7. The van der Waals surface area contributed by atoms with Crippen LogP contribution >= 0.6 is 12.4 Å². The molecule has 0 saturated carbocycles. The lowest BCUT2D eigenvalue weighted by Crippen LogP contribution is -2.53. The number of benzene rings is 1. The molecule has 2 saturated heterocycles. The van der Waals surface area contributed by atoms with Crippen molar-refractivity contribution in [2.24, 2.45) is 11.8 Å². The fourth-order valence-electron chi connectivity index (χ4n) is 3.07. The van der Waals surface area contributed by atoms with Gasteiger partial charge < -0.3 is 10.2 Å². The number of carbonyl (C=O) groups is 2. The Morgan fingerprint density at radius 3 is 2.00 bits per heavy atom. The van der Waals surface area contributed by atoms with E-state index in [2.05, 4.69) is 5.32 Å². The lowest BCUT2D eigenvalue weighted by molar-refractivity contribution is -0.138. The van der Waals surface area contributed by atoms with Gasteiger partial charge in [-0.1, -0.05) is 0 Å². The highest BCUT2D eigenvalue weighted by Gasteiger charge is 2.34. The van der Waals surface area contributed by atoms with E-state index < -0.39 is 34.7 Å². The largest absolute Gasteiger partial charge is 0.342 e. The third kappa shape index (κ3) is 3.57. The van der Waals surface area contributed by atoms with Crippen molar-refractivity contribution in [2.75, 3.05) is 26.2 Å². The first-order chi connectivity index (χ1) is 11.0. The number of Topliss-reactive ketones (excluding diaryl/α,β-unsaturated/α-hetero) is 1. The van der Waals surface area contributed by atoms with Gasteiger partial charge in [-0.25, -0.2) is 13.2 Å². The number of hydrogen-bond donors (Lipinski definition) is 1. The summed E-state index contributed by atoms with van der Waals surface area (Å²) in [6.07, 6.45) is 0.724. The highest BCUT2D eigenvalue weighted by molar-refractivity contribution is 5.98. The van der Waals surface area contributed by atoms with Crippen LogP contribution in [-0.4, -0.2) is 42.8 Å². The molecule has 0 radical (unpaired) electrons. The standard InChI is InChI=1S/C16H17F3N2O2.ClH/c17-11-5-12(18)14(13(19)6-11)15(22)9-1-3-21(4-2-9)16(23)10-7-20-8-10;/h5-6,9-10,20H,1-4,7-8H2;1H. The molecular formula is C16H18ClF3N2O2. The Bertz CT molecular complexity index is 621. The number of piperidine rings is 1. The molecule has 4 nitrogen and oxygen atoms in total. The summed E-state index contributed by atoms with van der Waals surface area (Å²) in [7, 11) is 0. The summed E-state index contributed by atoms with van der Waals surface area (Å²) in [5, 5.41) is 3.03. The number of nitrogens with one attached hydrogen (secondary N) is 1. The Hall–Kier alpha value is -1.60. The van der Waals surface area contributed by atoms with Crippen molar-refractivity contribution in [3.8, 4) is 0 Å². The molecule has 0 aliphatic carbocycles. The fraction of sp³-hybridized carbons (Fsp3) is 0.500. The van der Waals surface area contributed by atoms with Crippen LogP contribution in [0, 0.1) is 29.3 Å². The average molecular weight is 363 g/mol. The molecule has 1 N–H and O–H groups in total. The van der Waals surface area contributed by atoms with Crippen LogP contribution in [0.3, 0.4) is 0 Å². The zero-order valence-electron chi connectivity index (χ0n) is 12.9. The second-order valence-corrected chi connectivity index (χ2v) is 6.06. The van der Waals surface area contributed by atoms with Gasteiger partial charge in [-0.3, -0.25) is 9.59 Å². The zero-order valence-corrected chi connectivity index (χ0v) is 13.7. The minimum Gasteiger partial charge on any atom is -0.342 e. The molecule has 132 valence electrons. The van der Waals surface area contributed by atoms with E-state index in [-0.39, 0.29) is 24.2 Å². The molecule has 1 aromatic carbocycles. The van der Waals surface area contributed by atoms with E-state index in [9.17, 15) is 22.8 Å². The van der Waals surface area contributed by atoms with E-state index in [4.69, 9.17) is 0 Å². The molecule has 2 aliphatic rings. The molecule has 0 atom stereocenters. The molecule has 3 rings (SSSR count). The minimum absolute atomic E-state index is 0. The van der Waals surface area contributed by atoms with Crippen molar-refractivity contribution in [2.45, 2.75) is 12.8 Å². The lowest BCUT2D eigenvalue weighted by atomic mass is 9.87. The number of carbonyl (C=O) groups excluding carboxylic acids is 2. The monoisotopic (exact) mass is 362 g/mol. The summed E-state index contributed by atoms with van der Waals surface area (Å²) in [5.74, 6) is -4.54. The van der Waals surface area contributed by atoms with Gasteiger partial charge in [-0.05, 0) is 12.8 Å². The Morgan fingerprint density at radius 2 is 1.54 bits per heavy atom. The molecule has 2 aliphatic heterocycles. The summed E-state index contributed by atoms with van der Waals surface area (Å²) >= 11 is 0. The molecule has 8 heteroatoms. The van der Waals surface area contributed by atoms with Gasteiger partial charge in [-0.15, -0.1) is 12.4 Å². The zero-order chi connectivity index (χ0) is 16.6. The van der Waals surface area contributed by atoms with Gasteiger partial charge in [0, 0.05) is 44.2 Å². The Morgan fingerprint density at radius 1 is 1.00 bits per heavy atom. The average Bonchev–Trinajstić information content (AvgIpc) is 2.44. The Kier molecular flexibility index (Phi) is 5.87. The molecule has 2 heterocycles. The van der Waals surface area contributed by atoms with Gasteiger partial charge in [0.15, 0.2) is 5.78 Å². The molecule has 0 aromatic heterocycles. The highest BCUT2D eigenvalue weighted by Crippen LogP contribution is 2.26. The topological polar surface area (TPSA) is 49.4 Å². The van der Waals surface area contributed by atoms with Crippen molar-refractivity contribution in [1.82, 2.24) is 10.2 Å². The van der Waals surface area contributed by atoms with Gasteiger partial charge in [-0.2, -0.15) is 0 Å². The van der Waals surface area contributed by atoms with Crippen molar-refractivity contribution >= 4 is 24.1 Å². The number of ketones is 1. The first-order valence-electron chi connectivity index (χ1n) is 7.65. The van der Waals surface area contributed by atoms with Crippen LogP contribution in [0.1, 0.15) is 23.2 Å². The van der Waals surface area contributed by atoms with E-state index in [0.717, 1.165) is 0 Å². The second-order valence-electron chi connectivity index (χ2n) is 6.06. The van der Waals surface area contributed by atoms with Gasteiger partial charge in [0.2, 0.25) is 5.91 Å². The van der Waals surface area contributed by atoms with Crippen LogP contribution in [0.25, 0.3) is 0 Å². The first kappa shape index (κ1) is 18.7. The summed E-state index contributed by atoms with van der Waals surface area (Å²) < 4.78 is 40.3. The SMILES string of the molecule is Cl.O=C(c1c(F)cc(F)cc1F)C1CCN(C(=O)C2CNC2)CC1. The first-order valence-corrected chi connectivity index (χ1v) is 7.65. The summed E-state index contributed by atoms with van der Waals surface area (Å²) in [6, 6.07) is 1.02. The quantitative estimate of drug-likeness (QED) is 0.838.